The maximum absolute atomic E-state index is 14.1. The van der Waals surface area contributed by atoms with Crippen molar-refractivity contribution in [3.8, 4) is 22.6 Å². The molecule has 11 heteroatoms. The number of nitrogens with zero attached hydrogens (tertiary/aromatic N) is 1. The lowest BCUT2D eigenvalue weighted by Gasteiger charge is -2.24. The number of aromatic hydroxyl groups is 2. The first-order valence-electron chi connectivity index (χ1n) is 14.0. The van der Waals surface area contributed by atoms with Gasteiger partial charge in [-0.05, 0) is 58.5 Å². The summed E-state index contributed by atoms with van der Waals surface area (Å²) in [7, 11) is -4.32. The Balaban J connectivity index is 1.42. The summed E-state index contributed by atoms with van der Waals surface area (Å²) in [5.41, 5.74) is 4.18. The normalized spacial score (nSPS) is 11.6. The van der Waals surface area contributed by atoms with E-state index in [4.69, 9.17) is 46.4 Å². The molecule has 5 rings (SSSR count). The number of phenols is 2. The van der Waals surface area contributed by atoms with E-state index in [1.54, 1.807) is 12.1 Å². The molecule has 0 radical (unpaired) electrons. The largest absolute Gasteiger partial charge is 0.506 e. The summed E-state index contributed by atoms with van der Waals surface area (Å²) in [6, 6.07) is 29.7. The Morgan fingerprint density at radius 3 is 1.91 bits per heavy atom. The Morgan fingerprint density at radius 2 is 1.22 bits per heavy atom. The van der Waals surface area contributed by atoms with Gasteiger partial charge in [0.05, 0.1) is 15.6 Å². The Kier molecular flexibility index (Phi) is 10.6. The molecule has 6 nitrogen and oxygen atoms in total. The van der Waals surface area contributed by atoms with Crippen molar-refractivity contribution in [2.24, 2.45) is 0 Å². The van der Waals surface area contributed by atoms with Gasteiger partial charge in [0.2, 0.25) is 10.0 Å². The highest BCUT2D eigenvalue weighted by Crippen LogP contribution is 2.37. The van der Waals surface area contributed by atoms with Crippen molar-refractivity contribution in [3.63, 3.8) is 0 Å². The zero-order valence-electron chi connectivity index (χ0n) is 24.1. The Morgan fingerprint density at radius 1 is 0.630 bits per heavy atom. The summed E-state index contributed by atoms with van der Waals surface area (Å²) in [6.45, 7) is -0.0721. The van der Waals surface area contributed by atoms with Crippen LogP contribution in [0.2, 0.25) is 20.1 Å². The molecule has 5 aromatic carbocycles. The Hall–Kier alpha value is -3.56. The van der Waals surface area contributed by atoms with Crippen LogP contribution in [-0.4, -0.2) is 28.7 Å². The van der Waals surface area contributed by atoms with Gasteiger partial charge < -0.3 is 10.2 Å². The molecule has 0 saturated heterocycles. The molecule has 0 unspecified atom stereocenters. The van der Waals surface area contributed by atoms with Crippen LogP contribution in [0.4, 0.5) is 0 Å². The lowest BCUT2D eigenvalue weighted by atomic mass is 10.0. The maximum Gasteiger partial charge on any atom is 0.247 e. The van der Waals surface area contributed by atoms with E-state index < -0.39 is 20.7 Å². The van der Waals surface area contributed by atoms with Crippen LogP contribution in [0.1, 0.15) is 33.5 Å². The fourth-order valence-electron chi connectivity index (χ4n) is 5.00. The van der Waals surface area contributed by atoms with Crippen LogP contribution < -0.4 is 0 Å². The van der Waals surface area contributed by atoms with Gasteiger partial charge in [0.15, 0.2) is 11.5 Å². The first-order valence-corrected chi connectivity index (χ1v) is 17.0. The van der Waals surface area contributed by atoms with E-state index in [2.05, 4.69) is 0 Å². The number of carbonyl (C=O) groups excluding carboxylic acids is 1. The number of phenolic OH excluding ortho intramolecular Hbond substituents is 2. The summed E-state index contributed by atoms with van der Waals surface area (Å²) in [6.07, 6.45) is 0.368. The average Bonchev–Trinajstić information content (AvgIpc) is 3.04. The van der Waals surface area contributed by atoms with E-state index in [-0.39, 0.29) is 56.7 Å². The van der Waals surface area contributed by atoms with E-state index in [9.17, 15) is 23.4 Å². The van der Waals surface area contributed by atoms with E-state index in [0.717, 1.165) is 22.3 Å². The zero-order valence-corrected chi connectivity index (χ0v) is 28.0. The number of hydrogen-bond donors (Lipinski definition) is 2. The van der Waals surface area contributed by atoms with Crippen LogP contribution in [-0.2, 0) is 29.5 Å². The number of carbonyl (C=O) groups is 1. The number of hydrogen-bond acceptors (Lipinski definition) is 5. The van der Waals surface area contributed by atoms with Gasteiger partial charge in [-0.25, -0.2) is 8.42 Å². The van der Waals surface area contributed by atoms with Gasteiger partial charge in [-0.2, -0.15) is 4.31 Å². The van der Waals surface area contributed by atoms with Crippen molar-refractivity contribution in [2.45, 2.75) is 30.8 Å². The summed E-state index contributed by atoms with van der Waals surface area (Å²) in [4.78, 5) is 12.5. The fourth-order valence-corrected chi connectivity index (χ4v) is 7.65. The summed E-state index contributed by atoms with van der Waals surface area (Å²) < 4.78 is 29.4. The van der Waals surface area contributed by atoms with Crippen molar-refractivity contribution in [2.75, 3.05) is 0 Å². The topological polar surface area (TPSA) is 94.9 Å². The standard InChI is InChI=1S/C35H27Cl4NO5S/c36-27-16-29(34(42)30(38)17-27)32(41)14-11-22-5-4-6-24(15-22)21-40(46(44,45)33-19-28(37)18-31(39)35(33)43)20-23-9-12-26(13-10-23)25-7-2-1-3-8-25/h1-10,12-13,15-19,42-43H,11,14,20-21H2. The molecule has 0 aliphatic heterocycles. The number of aryl methyl sites for hydroxylation is 1. The quantitative estimate of drug-likeness (QED) is 0.133. The second-order valence-electron chi connectivity index (χ2n) is 10.6. The number of ketones is 1. The predicted octanol–water partition coefficient (Wildman–Crippen LogP) is 9.58. The van der Waals surface area contributed by atoms with Gasteiger partial charge >= 0.3 is 0 Å². The Bertz CT molecular complexity index is 2000. The molecule has 236 valence electrons. The van der Waals surface area contributed by atoms with E-state index in [0.29, 0.717) is 12.0 Å². The van der Waals surface area contributed by atoms with Crippen molar-refractivity contribution in [3.05, 3.63) is 145 Å². The highest BCUT2D eigenvalue weighted by molar-refractivity contribution is 7.89. The molecule has 0 atom stereocenters. The molecule has 0 fully saturated rings. The molecule has 0 aliphatic carbocycles. The van der Waals surface area contributed by atoms with Gasteiger partial charge in [-0.15, -0.1) is 0 Å². The number of rotatable bonds is 11. The SMILES string of the molecule is O=C(CCc1cccc(CN(Cc2ccc(-c3ccccc3)cc2)S(=O)(=O)c2cc(Cl)cc(Cl)c2O)c1)c1cc(Cl)cc(Cl)c1O. The van der Waals surface area contributed by atoms with Gasteiger partial charge in [0.1, 0.15) is 10.6 Å². The summed E-state index contributed by atoms with van der Waals surface area (Å²) >= 11 is 24.3. The van der Waals surface area contributed by atoms with Crippen LogP contribution in [0.3, 0.4) is 0 Å². The summed E-state index contributed by atoms with van der Waals surface area (Å²) in [5, 5.41) is 21.0. The second-order valence-corrected chi connectivity index (χ2v) is 14.2. The van der Waals surface area contributed by atoms with Crippen molar-refractivity contribution < 1.29 is 23.4 Å². The molecule has 46 heavy (non-hydrogen) atoms. The highest BCUT2D eigenvalue weighted by Gasteiger charge is 2.29. The van der Waals surface area contributed by atoms with Crippen molar-refractivity contribution in [1.29, 1.82) is 0 Å². The van der Waals surface area contributed by atoms with Crippen LogP contribution in [0.15, 0.2) is 108 Å². The van der Waals surface area contributed by atoms with Gasteiger partial charge in [0, 0.05) is 29.6 Å². The predicted molar refractivity (Wildman–Crippen MR) is 184 cm³/mol. The molecule has 2 N–H and O–H groups in total. The molecular formula is C35H27Cl4NO5S. The van der Waals surface area contributed by atoms with E-state index in [1.807, 2.05) is 66.7 Å². The third kappa shape index (κ3) is 7.86. The van der Waals surface area contributed by atoms with Crippen LogP contribution in [0, 0.1) is 0 Å². The number of sulfonamides is 1. The van der Waals surface area contributed by atoms with Gasteiger partial charge in [0.25, 0.3) is 0 Å². The minimum absolute atomic E-state index is 0.0131. The molecular weight excluding hydrogens is 688 g/mol. The lowest BCUT2D eigenvalue weighted by molar-refractivity contribution is 0.0980. The number of benzene rings is 5. The van der Waals surface area contributed by atoms with Crippen LogP contribution in [0.5, 0.6) is 11.5 Å². The maximum atomic E-state index is 14.1. The van der Waals surface area contributed by atoms with E-state index in [1.165, 1.54) is 28.6 Å². The first-order chi connectivity index (χ1) is 21.9. The first kappa shape index (κ1) is 33.8. The number of Topliss-reactive ketones (excluding diaryl/α,β-unsaturated/α-hetero) is 1. The molecule has 0 amide bonds. The monoisotopic (exact) mass is 713 g/mol. The van der Waals surface area contributed by atoms with Crippen molar-refractivity contribution in [1.82, 2.24) is 4.31 Å². The minimum Gasteiger partial charge on any atom is -0.506 e. The van der Waals surface area contributed by atoms with E-state index >= 15 is 0 Å². The van der Waals surface area contributed by atoms with Gasteiger partial charge in [-0.1, -0.05) is 125 Å². The average molecular weight is 715 g/mol. The third-order valence-electron chi connectivity index (χ3n) is 7.35. The molecule has 0 heterocycles. The molecule has 0 spiro atoms. The zero-order chi connectivity index (χ0) is 33.0. The molecule has 0 saturated carbocycles. The van der Waals surface area contributed by atoms with Crippen molar-refractivity contribution >= 4 is 62.2 Å². The Labute approximate surface area is 287 Å². The minimum atomic E-state index is -4.32. The molecule has 5 aromatic rings. The summed E-state index contributed by atoms with van der Waals surface area (Å²) in [5.74, 6) is -1.26. The smallest absolute Gasteiger partial charge is 0.247 e. The number of halogens is 4. The molecule has 0 aliphatic rings. The molecule has 0 aromatic heterocycles. The second kappa shape index (κ2) is 14.5. The fraction of sp³-hybridized carbons (Fsp3) is 0.114. The van der Waals surface area contributed by atoms with Gasteiger partial charge in [-0.3, -0.25) is 4.79 Å². The van der Waals surface area contributed by atoms with Crippen LogP contribution >= 0.6 is 46.4 Å². The third-order valence-corrected chi connectivity index (χ3v) is 10.2. The molecule has 0 bridgehead atoms. The highest BCUT2D eigenvalue weighted by atomic mass is 35.5. The van der Waals surface area contributed by atoms with Crippen LogP contribution in [0.25, 0.3) is 11.1 Å². The lowest BCUT2D eigenvalue weighted by Crippen LogP contribution is -2.30.